The minimum Gasteiger partial charge on any atom is -0.452 e. The molecule has 0 bridgehead atoms. The number of likely N-dealkylation sites (N-methyl/N-ethyl adjacent to an activating group) is 1. The molecule has 2 aromatic carbocycles. The first-order valence-corrected chi connectivity index (χ1v) is 11.2. The molecule has 0 unspecified atom stereocenters. The Kier molecular flexibility index (Phi) is 4.57. The number of ketones is 2. The quantitative estimate of drug-likeness (QED) is 0.467. The highest BCUT2D eigenvalue weighted by Crippen LogP contribution is 2.66. The van der Waals surface area contributed by atoms with E-state index in [2.05, 4.69) is 15.9 Å². The number of nitrogens with zero attached hydrogens (tertiary/aromatic N) is 2. The summed E-state index contributed by atoms with van der Waals surface area (Å²) >= 11 is 3.67. The van der Waals surface area contributed by atoms with Gasteiger partial charge in [-0.05, 0) is 30.2 Å². The van der Waals surface area contributed by atoms with Crippen LogP contribution in [0.3, 0.4) is 0 Å². The maximum Gasteiger partial charge on any atom is 0.415 e. The Bertz CT molecular complexity index is 1200. The van der Waals surface area contributed by atoms with Crippen molar-refractivity contribution in [3.63, 3.8) is 0 Å². The van der Waals surface area contributed by atoms with E-state index in [9.17, 15) is 19.2 Å². The molecule has 164 valence electrons. The van der Waals surface area contributed by atoms with Crippen molar-refractivity contribution in [2.24, 2.45) is 0 Å². The summed E-state index contributed by atoms with van der Waals surface area (Å²) in [4.78, 5) is 55.6. The number of hydrogen-bond acceptors (Lipinski definition) is 6. The number of para-hydroxylation sites is 1. The van der Waals surface area contributed by atoms with E-state index in [1.807, 2.05) is 30.1 Å². The third-order valence-corrected chi connectivity index (χ3v) is 8.06. The predicted molar refractivity (Wildman–Crippen MR) is 121 cm³/mol. The van der Waals surface area contributed by atoms with Crippen LogP contribution in [-0.2, 0) is 30.0 Å². The van der Waals surface area contributed by atoms with Crippen molar-refractivity contribution in [2.45, 2.75) is 36.3 Å². The van der Waals surface area contributed by atoms with Gasteiger partial charge in [0.2, 0.25) is 5.78 Å². The first-order chi connectivity index (χ1) is 15.4. The van der Waals surface area contributed by atoms with E-state index in [1.54, 1.807) is 29.2 Å². The molecule has 5 rings (SSSR count). The summed E-state index contributed by atoms with van der Waals surface area (Å²) in [6.45, 7) is 0. The Morgan fingerprint density at radius 1 is 1.19 bits per heavy atom. The second kappa shape index (κ2) is 7.00. The zero-order chi connectivity index (χ0) is 22.8. The van der Waals surface area contributed by atoms with Crippen molar-refractivity contribution >= 4 is 51.3 Å². The SMILES string of the molecule is COC(=O)N1c2ccccc2[C@@]2(CC=O)C(=O)C(=O)CC[C@@]23c2c(Br)cccc2N(C)[C@@H]13. The van der Waals surface area contributed by atoms with Crippen LogP contribution in [0.2, 0.25) is 0 Å². The van der Waals surface area contributed by atoms with Gasteiger partial charge in [-0.2, -0.15) is 0 Å². The van der Waals surface area contributed by atoms with Gasteiger partial charge in [0.25, 0.3) is 0 Å². The molecule has 3 atom stereocenters. The molecule has 3 aliphatic rings. The lowest BCUT2D eigenvalue weighted by atomic mass is 9.46. The summed E-state index contributed by atoms with van der Waals surface area (Å²) < 4.78 is 5.95. The first kappa shape index (κ1) is 20.9. The van der Waals surface area contributed by atoms with E-state index < -0.39 is 34.7 Å². The molecule has 1 amide bonds. The Labute approximate surface area is 193 Å². The molecule has 0 radical (unpaired) electrons. The smallest absolute Gasteiger partial charge is 0.415 e. The lowest BCUT2D eigenvalue weighted by Gasteiger charge is -2.59. The number of halogens is 1. The molecule has 0 N–H and O–H groups in total. The van der Waals surface area contributed by atoms with Crippen LogP contribution < -0.4 is 9.80 Å². The molecule has 1 fully saturated rings. The fraction of sp³-hybridized carbons (Fsp3) is 0.333. The van der Waals surface area contributed by atoms with Crippen LogP contribution in [0.25, 0.3) is 0 Å². The molecule has 1 spiro atoms. The molecule has 2 heterocycles. The monoisotopic (exact) mass is 496 g/mol. The number of anilines is 2. The molecule has 32 heavy (non-hydrogen) atoms. The zero-order valence-electron chi connectivity index (χ0n) is 17.6. The number of hydrogen-bond donors (Lipinski definition) is 0. The van der Waals surface area contributed by atoms with Gasteiger partial charge in [0.15, 0.2) is 5.78 Å². The highest BCUT2D eigenvalue weighted by Gasteiger charge is 2.73. The normalized spacial score (nSPS) is 27.9. The van der Waals surface area contributed by atoms with Crippen molar-refractivity contribution < 1.29 is 23.9 Å². The minimum absolute atomic E-state index is 0.0434. The van der Waals surface area contributed by atoms with Crippen molar-refractivity contribution in [1.29, 1.82) is 0 Å². The molecule has 1 saturated carbocycles. The van der Waals surface area contributed by atoms with Crippen LogP contribution in [0.15, 0.2) is 46.9 Å². The number of ether oxygens (including phenoxy) is 1. The molecule has 0 aromatic heterocycles. The highest BCUT2D eigenvalue weighted by atomic mass is 79.9. The first-order valence-electron chi connectivity index (χ1n) is 10.4. The average molecular weight is 497 g/mol. The fourth-order valence-corrected chi connectivity index (χ4v) is 7.05. The van der Waals surface area contributed by atoms with Gasteiger partial charge in [0, 0.05) is 35.6 Å². The van der Waals surface area contributed by atoms with Crippen molar-refractivity contribution in [1.82, 2.24) is 0 Å². The van der Waals surface area contributed by atoms with E-state index >= 15 is 0 Å². The maximum absolute atomic E-state index is 13.9. The van der Waals surface area contributed by atoms with Crippen LogP contribution in [0.5, 0.6) is 0 Å². The number of carbonyl (C=O) groups excluding carboxylic acids is 4. The number of rotatable bonds is 2. The summed E-state index contributed by atoms with van der Waals surface area (Å²) in [7, 11) is 3.18. The third-order valence-electron chi connectivity index (χ3n) is 7.40. The van der Waals surface area contributed by atoms with Crippen LogP contribution in [0.4, 0.5) is 16.2 Å². The second-order valence-corrected chi connectivity index (χ2v) is 9.33. The Hall–Kier alpha value is -3.00. The van der Waals surface area contributed by atoms with Gasteiger partial charge in [0.05, 0.1) is 23.6 Å². The molecule has 8 heteroatoms. The number of aldehydes is 1. The number of fused-ring (bicyclic) bond motifs is 3. The van der Waals surface area contributed by atoms with Gasteiger partial charge in [-0.1, -0.05) is 40.2 Å². The summed E-state index contributed by atoms with van der Waals surface area (Å²) in [6, 6.07) is 12.7. The van der Waals surface area contributed by atoms with Crippen LogP contribution in [0.1, 0.15) is 30.4 Å². The number of carbonyl (C=O) groups is 4. The highest BCUT2D eigenvalue weighted by molar-refractivity contribution is 9.10. The van der Waals surface area contributed by atoms with Gasteiger partial charge in [-0.25, -0.2) is 4.79 Å². The van der Waals surface area contributed by atoms with E-state index in [1.165, 1.54) is 7.11 Å². The van der Waals surface area contributed by atoms with Crippen molar-refractivity contribution in [3.05, 3.63) is 58.1 Å². The standard InChI is InChI=1S/C24H21BrN2O5/c1-26-17-9-5-7-15(25)19(17)24-11-10-18(29)20(30)23(24,12-13-28)14-6-3-4-8-16(14)27(21(24)26)22(31)32-2/h3-9,13,21H,10-12H2,1-2H3/t21-,23-,24-/m0/s1. The van der Waals surface area contributed by atoms with Gasteiger partial charge in [-0.3, -0.25) is 14.5 Å². The van der Waals surface area contributed by atoms with Crippen molar-refractivity contribution in [3.8, 4) is 0 Å². The van der Waals surface area contributed by atoms with Gasteiger partial charge in [0.1, 0.15) is 12.5 Å². The van der Waals surface area contributed by atoms with E-state index in [0.717, 1.165) is 15.7 Å². The van der Waals surface area contributed by atoms with Crippen LogP contribution in [0, 0.1) is 0 Å². The Morgan fingerprint density at radius 2 is 1.91 bits per heavy atom. The van der Waals surface area contributed by atoms with Gasteiger partial charge >= 0.3 is 6.09 Å². The molecule has 7 nitrogen and oxygen atoms in total. The number of amides is 1. The van der Waals surface area contributed by atoms with E-state index in [-0.39, 0.29) is 12.8 Å². The lowest BCUT2D eigenvalue weighted by molar-refractivity contribution is -0.147. The molecule has 2 aromatic rings. The molecule has 0 saturated heterocycles. The number of benzene rings is 2. The average Bonchev–Trinajstić information content (AvgIpc) is 3.06. The summed E-state index contributed by atoms with van der Waals surface area (Å²) in [5.74, 6) is -1.06. The minimum atomic E-state index is -1.43. The van der Waals surface area contributed by atoms with E-state index in [0.29, 0.717) is 24.0 Å². The summed E-state index contributed by atoms with van der Waals surface area (Å²) in [5, 5.41) is 0. The summed E-state index contributed by atoms with van der Waals surface area (Å²) in [5.41, 5.74) is 0.191. The topological polar surface area (TPSA) is 84.0 Å². The molecule has 1 aliphatic carbocycles. The molecule has 2 aliphatic heterocycles. The predicted octanol–water partition coefficient (Wildman–Crippen LogP) is 3.51. The molecular formula is C24H21BrN2O5. The maximum atomic E-state index is 13.9. The lowest BCUT2D eigenvalue weighted by Crippen LogP contribution is -2.73. The Morgan fingerprint density at radius 3 is 2.62 bits per heavy atom. The third kappa shape index (κ3) is 2.20. The largest absolute Gasteiger partial charge is 0.452 e. The number of methoxy groups -OCH3 is 1. The Balaban J connectivity index is 2.00. The zero-order valence-corrected chi connectivity index (χ0v) is 19.2. The van der Waals surface area contributed by atoms with Gasteiger partial charge in [-0.15, -0.1) is 0 Å². The second-order valence-electron chi connectivity index (χ2n) is 8.48. The summed E-state index contributed by atoms with van der Waals surface area (Å²) in [6.07, 6.45) is -0.305. The van der Waals surface area contributed by atoms with E-state index in [4.69, 9.17) is 4.74 Å². The van der Waals surface area contributed by atoms with Crippen LogP contribution >= 0.6 is 15.9 Å². The fourth-order valence-electron chi connectivity index (χ4n) is 6.34. The number of Topliss-reactive ketones (excluding diaryl/α,β-unsaturated/α-hetero) is 2. The van der Waals surface area contributed by atoms with Crippen LogP contribution in [-0.4, -0.2) is 44.3 Å². The van der Waals surface area contributed by atoms with Gasteiger partial charge < -0.3 is 14.4 Å². The molecular weight excluding hydrogens is 476 g/mol. The van der Waals surface area contributed by atoms with Crippen molar-refractivity contribution in [2.75, 3.05) is 24.0 Å².